The van der Waals surface area contributed by atoms with Crippen LogP contribution in [0, 0.1) is 0 Å². The number of carbonyl (C=O) groups is 1. The summed E-state index contributed by atoms with van der Waals surface area (Å²) in [5.41, 5.74) is 6.31. The van der Waals surface area contributed by atoms with E-state index in [1.54, 1.807) is 0 Å². The lowest BCUT2D eigenvalue weighted by Gasteiger charge is -1.98. The average molecular weight is 169 g/mol. The molecule has 0 aromatic heterocycles. The highest BCUT2D eigenvalue weighted by molar-refractivity contribution is 5.13. The lowest BCUT2D eigenvalue weighted by Crippen LogP contribution is -2.03. The van der Waals surface area contributed by atoms with Crippen LogP contribution in [0.2, 0.25) is 0 Å². The average Bonchev–Trinajstić information content (AvgIpc) is 2.19. The fourth-order valence-corrected chi connectivity index (χ4v) is 0.751. The van der Waals surface area contributed by atoms with Gasteiger partial charge in [0.2, 0.25) is 0 Å². The van der Waals surface area contributed by atoms with E-state index in [0.29, 0.717) is 6.61 Å². The van der Waals surface area contributed by atoms with Crippen molar-refractivity contribution in [3.8, 4) is 0 Å². The molecule has 0 spiro atoms. The maximum atomic E-state index is 8.00. The zero-order valence-corrected chi connectivity index (χ0v) is 6.90. The van der Waals surface area contributed by atoms with Crippen LogP contribution in [0.25, 0.3) is 0 Å². The highest BCUT2D eigenvalue weighted by Crippen LogP contribution is 1.98. The molecule has 0 aliphatic carbocycles. The lowest BCUT2D eigenvalue weighted by atomic mass is 10.2. The minimum atomic E-state index is 0. The molecule has 2 N–H and O–H groups in total. The molecule has 0 aliphatic rings. The molecule has 0 bridgehead atoms. The van der Waals surface area contributed by atoms with E-state index in [1.165, 1.54) is 0 Å². The number of carbonyl (C=O) groups excluding carboxylic acids is 1. The van der Waals surface area contributed by atoms with Gasteiger partial charge < -0.3 is 15.3 Å². The van der Waals surface area contributed by atoms with Crippen LogP contribution in [0.15, 0.2) is 30.3 Å². The molecule has 0 heterocycles. The molecule has 0 fully saturated rings. The van der Waals surface area contributed by atoms with Crippen molar-refractivity contribution in [2.24, 2.45) is 5.73 Å². The normalized spacial score (nSPS) is 8.42. The molecule has 0 saturated carbocycles. The Hall–Kier alpha value is -1.19. The van der Waals surface area contributed by atoms with E-state index >= 15 is 0 Å². The van der Waals surface area contributed by atoms with Gasteiger partial charge in [-0.25, -0.2) is 0 Å². The number of ether oxygens (including phenoxy) is 1. The maximum absolute atomic E-state index is 8.00. The molecule has 0 amide bonds. The van der Waals surface area contributed by atoms with Gasteiger partial charge in [0.25, 0.3) is 0 Å². The van der Waals surface area contributed by atoms with E-state index in [0.717, 1.165) is 5.56 Å². The molecule has 0 atom stereocenters. The highest BCUT2D eigenvalue weighted by Gasteiger charge is 1.86. The molecule has 68 valence electrons. The third-order valence-corrected chi connectivity index (χ3v) is 1.23. The molecular weight excluding hydrogens is 154 g/mol. The van der Waals surface area contributed by atoms with Crippen LogP contribution < -0.4 is 5.73 Å². The summed E-state index contributed by atoms with van der Waals surface area (Å²) in [7, 11) is 0. The van der Waals surface area contributed by atoms with Crippen molar-refractivity contribution in [1.29, 1.82) is 0 Å². The zero-order chi connectivity index (χ0) is 9.23. The van der Waals surface area contributed by atoms with Gasteiger partial charge in [0.15, 0.2) is 0 Å². The Morgan fingerprint density at radius 2 is 1.92 bits per heavy atom. The molecular formula is C9H15NO2. The van der Waals surface area contributed by atoms with Crippen LogP contribution in [0.5, 0.6) is 0 Å². The van der Waals surface area contributed by atoms with Gasteiger partial charge in [-0.05, 0) is 5.56 Å². The topological polar surface area (TPSA) is 52.3 Å². The number of benzene rings is 1. The molecule has 3 nitrogen and oxygen atoms in total. The highest BCUT2D eigenvalue weighted by atomic mass is 16.5. The van der Waals surface area contributed by atoms with E-state index in [-0.39, 0.29) is 8.16 Å². The second-order valence-electron chi connectivity index (χ2n) is 2.00. The van der Waals surface area contributed by atoms with Gasteiger partial charge in [-0.1, -0.05) is 30.3 Å². The van der Waals surface area contributed by atoms with Gasteiger partial charge in [-0.3, -0.25) is 0 Å². The Kier molecular flexibility index (Phi) is 7.13. The van der Waals surface area contributed by atoms with Gasteiger partial charge in [-0.2, -0.15) is 0 Å². The number of hydrogen-bond donors (Lipinski definition) is 1. The van der Waals surface area contributed by atoms with Crippen LogP contribution in [-0.4, -0.2) is 13.5 Å². The van der Waals surface area contributed by atoms with E-state index in [2.05, 4.69) is 0 Å². The van der Waals surface area contributed by atoms with E-state index in [9.17, 15) is 0 Å². The first-order valence-electron chi connectivity index (χ1n) is 3.54. The predicted octanol–water partition coefficient (Wildman–Crippen LogP) is 1.18. The second kappa shape index (κ2) is 7.91. The standard InChI is InChI=1S/C8H11NO.CH2O.H2/c9-7-10-6-8-4-2-1-3-5-8;1-2;/h1-5H,6-7,9H2;1H2;1H. The molecule has 0 aliphatic heterocycles. The van der Waals surface area contributed by atoms with Gasteiger partial charge in [0.05, 0.1) is 13.3 Å². The number of nitrogens with two attached hydrogens (primary N) is 1. The van der Waals surface area contributed by atoms with Gasteiger partial charge in [0.1, 0.15) is 6.79 Å². The molecule has 0 saturated heterocycles. The van der Waals surface area contributed by atoms with Crippen LogP contribution in [0.4, 0.5) is 0 Å². The Morgan fingerprint density at radius 3 is 2.42 bits per heavy atom. The summed E-state index contributed by atoms with van der Waals surface area (Å²) in [6, 6.07) is 9.96. The molecule has 0 unspecified atom stereocenters. The van der Waals surface area contributed by atoms with E-state index in [1.807, 2.05) is 37.1 Å². The molecule has 1 rings (SSSR count). The summed E-state index contributed by atoms with van der Waals surface area (Å²) in [6.07, 6.45) is 0. The summed E-state index contributed by atoms with van der Waals surface area (Å²) in [5, 5.41) is 0. The summed E-state index contributed by atoms with van der Waals surface area (Å²) in [4.78, 5) is 8.00. The van der Waals surface area contributed by atoms with E-state index in [4.69, 9.17) is 15.3 Å². The Labute approximate surface area is 73.6 Å². The van der Waals surface area contributed by atoms with Gasteiger partial charge in [-0.15, -0.1) is 0 Å². The first kappa shape index (κ1) is 10.8. The largest absolute Gasteiger partial charge is 0.362 e. The van der Waals surface area contributed by atoms with Crippen molar-refractivity contribution in [3.63, 3.8) is 0 Å². The van der Waals surface area contributed by atoms with E-state index < -0.39 is 0 Å². The van der Waals surface area contributed by atoms with Gasteiger partial charge >= 0.3 is 0 Å². The van der Waals surface area contributed by atoms with Crippen LogP contribution in [0.3, 0.4) is 0 Å². The van der Waals surface area contributed by atoms with Crippen molar-refractivity contribution < 1.29 is 11.0 Å². The van der Waals surface area contributed by atoms with Crippen molar-refractivity contribution >= 4 is 6.79 Å². The Morgan fingerprint density at radius 1 is 1.33 bits per heavy atom. The maximum Gasteiger partial charge on any atom is 0.106 e. The Balaban J connectivity index is 0. The first-order valence-corrected chi connectivity index (χ1v) is 3.54. The molecule has 12 heavy (non-hydrogen) atoms. The third-order valence-electron chi connectivity index (χ3n) is 1.23. The third kappa shape index (κ3) is 4.60. The summed E-state index contributed by atoms with van der Waals surface area (Å²) in [5.74, 6) is 0. The second-order valence-corrected chi connectivity index (χ2v) is 2.00. The quantitative estimate of drug-likeness (QED) is 0.691. The van der Waals surface area contributed by atoms with Gasteiger partial charge in [0, 0.05) is 1.43 Å². The summed E-state index contributed by atoms with van der Waals surface area (Å²) in [6.45, 7) is 2.90. The molecule has 3 heteroatoms. The van der Waals surface area contributed by atoms with Crippen molar-refractivity contribution in [2.75, 3.05) is 6.73 Å². The predicted molar refractivity (Wildman–Crippen MR) is 49.5 cm³/mol. The smallest absolute Gasteiger partial charge is 0.106 e. The summed E-state index contributed by atoms with van der Waals surface area (Å²) < 4.78 is 5.00. The lowest BCUT2D eigenvalue weighted by molar-refractivity contribution is -0.0979. The molecule has 1 aromatic carbocycles. The monoisotopic (exact) mass is 169 g/mol. The number of rotatable bonds is 3. The van der Waals surface area contributed by atoms with Crippen molar-refractivity contribution in [2.45, 2.75) is 6.61 Å². The van der Waals surface area contributed by atoms with Crippen molar-refractivity contribution in [1.82, 2.24) is 0 Å². The van der Waals surface area contributed by atoms with Crippen LogP contribution in [0.1, 0.15) is 6.99 Å². The summed E-state index contributed by atoms with van der Waals surface area (Å²) >= 11 is 0. The molecule has 1 aromatic rings. The SMILES string of the molecule is C=O.NCOCc1ccccc1.[HH]. The molecule has 0 radical (unpaired) electrons. The zero-order valence-electron chi connectivity index (χ0n) is 6.90. The fraction of sp³-hybridized carbons (Fsp3) is 0.222. The van der Waals surface area contributed by atoms with Crippen LogP contribution >= 0.6 is 0 Å². The fourth-order valence-electron chi connectivity index (χ4n) is 0.751. The number of hydrogen-bond acceptors (Lipinski definition) is 3. The first-order chi connectivity index (χ1) is 5.93. The minimum Gasteiger partial charge on any atom is -0.362 e. The van der Waals surface area contributed by atoms with Crippen molar-refractivity contribution in [3.05, 3.63) is 35.9 Å². The Bertz CT molecular complexity index is 194. The minimum absolute atomic E-state index is 0. The van der Waals surface area contributed by atoms with Crippen LogP contribution in [-0.2, 0) is 16.1 Å².